The number of imidazole rings is 1. The molecule has 1 aromatic heterocycles. The lowest BCUT2D eigenvalue weighted by Crippen LogP contribution is -2.38. The summed E-state index contributed by atoms with van der Waals surface area (Å²) in [5.74, 6) is 0.844. The first-order chi connectivity index (χ1) is 10.7. The molecule has 22 heavy (non-hydrogen) atoms. The summed E-state index contributed by atoms with van der Waals surface area (Å²) in [4.78, 5) is 6.48. The van der Waals surface area contributed by atoms with Crippen molar-refractivity contribution in [2.45, 2.75) is 31.1 Å². The second-order valence-corrected chi connectivity index (χ2v) is 6.83. The number of hydrogen-bond acceptors (Lipinski definition) is 1. The van der Waals surface area contributed by atoms with Gasteiger partial charge < -0.3 is 9.97 Å². The average Bonchev–Trinajstić information content (AvgIpc) is 3.03. The van der Waals surface area contributed by atoms with Crippen molar-refractivity contribution in [1.82, 2.24) is 9.97 Å². The minimum absolute atomic E-state index is 0.117. The molecule has 1 heterocycles. The molecule has 2 unspecified atom stereocenters. The third kappa shape index (κ3) is 2.09. The van der Waals surface area contributed by atoms with E-state index in [4.69, 9.17) is 12.2 Å². The van der Waals surface area contributed by atoms with Crippen molar-refractivity contribution >= 4 is 12.2 Å². The van der Waals surface area contributed by atoms with E-state index < -0.39 is 0 Å². The molecule has 4 heteroatoms. The molecule has 0 aliphatic heterocycles. The van der Waals surface area contributed by atoms with Crippen LogP contribution in [0.25, 0.3) is 0 Å². The molecule has 0 bridgehead atoms. The molecule has 0 spiro atoms. The zero-order valence-corrected chi connectivity index (χ0v) is 13.1. The summed E-state index contributed by atoms with van der Waals surface area (Å²) in [7, 11) is 0. The van der Waals surface area contributed by atoms with Crippen molar-refractivity contribution in [3.63, 3.8) is 0 Å². The molecule has 1 fully saturated rings. The van der Waals surface area contributed by atoms with Crippen LogP contribution in [0.2, 0.25) is 0 Å². The minimum Gasteiger partial charge on any atom is -0.337 e. The Morgan fingerprint density at radius 2 is 1.91 bits per heavy atom. The van der Waals surface area contributed by atoms with Gasteiger partial charge in [0, 0.05) is 17.3 Å². The summed E-state index contributed by atoms with van der Waals surface area (Å²) in [6, 6.07) is 7.05. The van der Waals surface area contributed by atoms with Crippen molar-refractivity contribution in [3.05, 3.63) is 64.5 Å². The molecule has 1 aromatic carbocycles. The second kappa shape index (κ2) is 5.20. The normalized spacial score (nSPS) is 23.6. The summed E-state index contributed by atoms with van der Waals surface area (Å²) in [5.41, 5.74) is 2.22. The van der Waals surface area contributed by atoms with Crippen LogP contribution in [0.5, 0.6) is 0 Å². The van der Waals surface area contributed by atoms with Gasteiger partial charge in [0.05, 0.1) is 0 Å². The van der Waals surface area contributed by atoms with Crippen LogP contribution in [0, 0.1) is 22.4 Å². The minimum atomic E-state index is -0.183. The van der Waals surface area contributed by atoms with Gasteiger partial charge in [-0.1, -0.05) is 24.3 Å². The fraction of sp³-hybridized carbons (Fsp3) is 0.389. The van der Waals surface area contributed by atoms with Crippen LogP contribution < -0.4 is 0 Å². The van der Waals surface area contributed by atoms with E-state index in [1.807, 2.05) is 18.3 Å². The molecule has 4 rings (SSSR count). The number of benzene rings is 1. The van der Waals surface area contributed by atoms with E-state index in [0.717, 1.165) is 18.5 Å². The monoisotopic (exact) mass is 314 g/mol. The number of rotatable bonds is 4. The van der Waals surface area contributed by atoms with Crippen molar-refractivity contribution in [2.24, 2.45) is 11.8 Å². The second-order valence-electron chi connectivity index (χ2n) is 6.42. The quantitative estimate of drug-likeness (QED) is 0.612. The van der Waals surface area contributed by atoms with E-state index in [2.05, 4.69) is 22.1 Å². The number of aromatic amines is 2. The Morgan fingerprint density at radius 1 is 1.14 bits per heavy atom. The molecular formula is C18H19FN2S. The highest BCUT2D eigenvalue weighted by atomic mass is 32.1. The number of hydrogen-bond donors (Lipinski definition) is 2. The molecule has 2 aromatic rings. The Morgan fingerprint density at radius 3 is 2.45 bits per heavy atom. The molecule has 114 valence electrons. The first-order valence-electron chi connectivity index (χ1n) is 7.92. The smallest absolute Gasteiger partial charge is 0.174 e. The highest BCUT2D eigenvalue weighted by Crippen LogP contribution is 2.57. The third-order valence-electron chi connectivity index (χ3n) is 5.18. The first-order valence-corrected chi connectivity index (χ1v) is 8.33. The van der Waals surface area contributed by atoms with Gasteiger partial charge in [-0.2, -0.15) is 0 Å². The Balaban J connectivity index is 1.94. The van der Waals surface area contributed by atoms with Crippen molar-refractivity contribution in [2.75, 3.05) is 0 Å². The van der Waals surface area contributed by atoms with Crippen LogP contribution >= 0.6 is 12.2 Å². The van der Waals surface area contributed by atoms with Gasteiger partial charge in [0.2, 0.25) is 0 Å². The SMILES string of the molecule is Fc1ccc(C(c2c[nH]c(=S)[nH]2)(C2C=CCC2)C2CC2)cc1. The molecule has 2 atom stereocenters. The van der Waals surface area contributed by atoms with Gasteiger partial charge in [-0.05, 0) is 67.4 Å². The summed E-state index contributed by atoms with van der Waals surface area (Å²) in [5, 5.41) is 0. The lowest BCUT2D eigenvalue weighted by molar-refractivity contribution is 0.322. The first kappa shape index (κ1) is 13.9. The Bertz CT molecular complexity index is 754. The van der Waals surface area contributed by atoms with Gasteiger partial charge in [-0.15, -0.1) is 0 Å². The molecule has 2 aliphatic carbocycles. The molecule has 2 nitrogen and oxygen atoms in total. The van der Waals surface area contributed by atoms with E-state index in [1.54, 1.807) is 12.1 Å². The number of allylic oxidation sites excluding steroid dienone is 2. The summed E-state index contributed by atoms with van der Waals surface area (Å²) in [6.45, 7) is 0. The van der Waals surface area contributed by atoms with Gasteiger partial charge in [0.15, 0.2) is 4.77 Å². The number of nitrogens with one attached hydrogen (secondary N) is 2. The molecule has 1 saturated carbocycles. The van der Waals surface area contributed by atoms with Gasteiger partial charge >= 0.3 is 0 Å². The molecule has 0 radical (unpaired) electrons. The van der Waals surface area contributed by atoms with Crippen LogP contribution in [0.15, 0.2) is 42.6 Å². The van der Waals surface area contributed by atoms with Gasteiger partial charge in [0.1, 0.15) is 5.82 Å². The summed E-state index contributed by atoms with van der Waals surface area (Å²) >= 11 is 5.26. The topological polar surface area (TPSA) is 31.6 Å². The predicted octanol–water partition coefficient (Wildman–Crippen LogP) is 4.87. The maximum absolute atomic E-state index is 13.4. The fourth-order valence-corrected chi connectivity index (χ4v) is 4.33. The largest absolute Gasteiger partial charge is 0.337 e. The number of H-pyrrole nitrogens is 2. The molecular weight excluding hydrogens is 295 g/mol. The standard InChI is InChI=1S/C18H19FN2S/c19-15-9-7-14(8-10-15)18(13-5-6-13,12-3-1-2-4-12)16-11-20-17(22)21-16/h1,3,7-13H,2,4-6H2,(H2,20,21,22). The molecule has 0 saturated heterocycles. The van der Waals surface area contributed by atoms with E-state index in [-0.39, 0.29) is 11.2 Å². The summed E-state index contributed by atoms with van der Waals surface area (Å²) in [6.07, 6.45) is 11.3. The number of aromatic nitrogens is 2. The molecule has 2 aliphatic rings. The highest BCUT2D eigenvalue weighted by molar-refractivity contribution is 7.71. The molecule has 2 N–H and O–H groups in total. The van der Waals surface area contributed by atoms with Gasteiger partial charge in [-0.25, -0.2) is 4.39 Å². The van der Waals surface area contributed by atoms with Crippen LogP contribution in [-0.2, 0) is 5.41 Å². The maximum Gasteiger partial charge on any atom is 0.174 e. The third-order valence-corrected chi connectivity index (χ3v) is 5.40. The Kier molecular flexibility index (Phi) is 3.30. The van der Waals surface area contributed by atoms with E-state index in [0.29, 0.717) is 16.6 Å². The van der Waals surface area contributed by atoms with Crippen molar-refractivity contribution in [3.8, 4) is 0 Å². The van der Waals surface area contributed by atoms with Crippen LogP contribution in [0.4, 0.5) is 4.39 Å². The summed E-state index contributed by atoms with van der Waals surface area (Å²) < 4.78 is 14.1. The maximum atomic E-state index is 13.4. The van der Waals surface area contributed by atoms with Gasteiger partial charge in [-0.3, -0.25) is 0 Å². The van der Waals surface area contributed by atoms with Gasteiger partial charge in [0.25, 0.3) is 0 Å². The van der Waals surface area contributed by atoms with Crippen molar-refractivity contribution < 1.29 is 4.39 Å². The highest BCUT2D eigenvalue weighted by Gasteiger charge is 2.53. The van der Waals surface area contributed by atoms with Crippen LogP contribution in [-0.4, -0.2) is 9.97 Å². The fourth-order valence-electron chi connectivity index (χ4n) is 4.16. The zero-order chi connectivity index (χ0) is 15.2. The lowest BCUT2D eigenvalue weighted by atomic mass is 9.64. The Labute approximate surface area is 134 Å². The van der Waals surface area contributed by atoms with E-state index in [1.165, 1.54) is 18.4 Å². The van der Waals surface area contributed by atoms with E-state index in [9.17, 15) is 4.39 Å². The lowest BCUT2D eigenvalue weighted by Gasteiger charge is -2.39. The van der Waals surface area contributed by atoms with Crippen LogP contribution in [0.3, 0.4) is 0 Å². The zero-order valence-electron chi connectivity index (χ0n) is 12.3. The predicted molar refractivity (Wildman–Crippen MR) is 87.7 cm³/mol. The van der Waals surface area contributed by atoms with E-state index >= 15 is 0 Å². The average molecular weight is 314 g/mol. The molecule has 0 amide bonds. The van der Waals surface area contributed by atoms with Crippen molar-refractivity contribution in [1.29, 1.82) is 0 Å². The van der Waals surface area contributed by atoms with Crippen LogP contribution in [0.1, 0.15) is 36.9 Å². The number of halogens is 1. The Hall–Kier alpha value is -1.68.